The number of methoxy groups -OCH3 is 1. The van der Waals surface area contributed by atoms with E-state index >= 15 is 0 Å². The van der Waals surface area contributed by atoms with Crippen LogP contribution in [0.5, 0.6) is 0 Å². The van der Waals surface area contributed by atoms with Gasteiger partial charge in [0.15, 0.2) is 0 Å². The van der Waals surface area contributed by atoms with Crippen molar-refractivity contribution in [1.82, 2.24) is 0 Å². The molecule has 16 heavy (non-hydrogen) atoms. The lowest BCUT2D eigenvalue weighted by atomic mass is 9.92. The molecule has 0 rings (SSSR count). The number of rotatable bonds is 10. The Morgan fingerprint density at radius 2 is 1.81 bits per heavy atom. The Bertz CT molecular complexity index is 166. The molecule has 2 heteroatoms. The molecule has 0 bridgehead atoms. The van der Waals surface area contributed by atoms with Crippen molar-refractivity contribution >= 4 is 0 Å². The molecule has 0 unspecified atom stereocenters. The first-order valence-electron chi connectivity index (χ1n) is 6.63. The largest absolute Gasteiger partial charge is 0.505 e. The van der Waals surface area contributed by atoms with Gasteiger partial charge in [-0.3, -0.25) is 0 Å². The molecule has 0 radical (unpaired) electrons. The van der Waals surface area contributed by atoms with Crippen molar-refractivity contribution in [2.75, 3.05) is 7.11 Å². The van der Waals surface area contributed by atoms with Crippen molar-refractivity contribution < 1.29 is 9.84 Å². The maximum absolute atomic E-state index is 9.99. The Labute approximate surface area is 101 Å². The standard InChI is InChI=1S/C14H28O2/c1-4-6-7-8-10-13(11-12-16-3)14(15)9-5-2/h11-15H,4-10H2,1-3H3/b12-11+/t13-,14+/m1/s1. The molecule has 0 aromatic rings. The fourth-order valence-electron chi connectivity index (χ4n) is 1.91. The minimum Gasteiger partial charge on any atom is -0.505 e. The Kier molecular flexibility index (Phi) is 10.7. The maximum Gasteiger partial charge on any atom is 0.0788 e. The lowest BCUT2D eigenvalue weighted by molar-refractivity contribution is 0.112. The molecule has 0 saturated carbocycles. The number of aliphatic hydroxyl groups is 1. The third kappa shape index (κ3) is 7.75. The van der Waals surface area contributed by atoms with Crippen LogP contribution in [-0.4, -0.2) is 18.3 Å². The van der Waals surface area contributed by atoms with Crippen LogP contribution >= 0.6 is 0 Å². The topological polar surface area (TPSA) is 29.5 Å². The summed E-state index contributed by atoms with van der Waals surface area (Å²) in [6, 6.07) is 0. The number of hydrogen-bond donors (Lipinski definition) is 1. The van der Waals surface area contributed by atoms with Crippen LogP contribution in [0, 0.1) is 5.92 Å². The summed E-state index contributed by atoms with van der Waals surface area (Å²) in [6.45, 7) is 4.33. The second kappa shape index (κ2) is 11.0. The predicted molar refractivity (Wildman–Crippen MR) is 69.3 cm³/mol. The summed E-state index contributed by atoms with van der Waals surface area (Å²) < 4.78 is 4.94. The fourth-order valence-corrected chi connectivity index (χ4v) is 1.91. The molecule has 1 N–H and O–H groups in total. The van der Waals surface area contributed by atoms with Gasteiger partial charge in [-0.15, -0.1) is 0 Å². The van der Waals surface area contributed by atoms with Crippen LogP contribution in [0.4, 0.5) is 0 Å². The highest BCUT2D eigenvalue weighted by Gasteiger charge is 2.15. The average molecular weight is 228 g/mol. The van der Waals surface area contributed by atoms with E-state index in [0.717, 1.165) is 19.3 Å². The molecule has 0 aliphatic heterocycles. The molecule has 0 aromatic carbocycles. The third-order valence-electron chi connectivity index (χ3n) is 2.93. The van der Waals surface area contributed by atoms with Crippen LogP contribution in [0.3, 0.4) is 0 Å². The van der Waals surface area contributed by atoms with Crippen molar-refractivity contribution in [2.24, 2.45) is 5.92 Å². The Balaban J connectivity index is 3.94. The highest BCUT2D eigenvalue weighted by Crippen LogP contribution is 2.19. The molecule has 0 amide bonds. The van der Waals surface area contributed by atoms with Gasteiger partial charge >= 0.3 is 0 Å². The van der Waals surface area contributed by atoms with Gasteiger partial charge in [0.05, 0.1) is 19.5 Å². The van der Waals surface area contributed by atoms with Crippen molar-refractivity contribution in [3.8, 4) is 0 Å². The first-order valence-corrected chi connectivity index (χ1v) is 6.63. The van der Waals surface area contributed by atoms with Crippen LogP contribution in [0.15, 0.2) is 12.3 Å². The second-order valence-corrected chi connectivity index (χ2v) is 4.43. The van der Waals surface area contributed by atoms with E-state index in [2.05, 4.69) is 13.8 Å². The van der Waals surface area contributed by atoms with Gasteiger partial charge in [-0.05, 0) is 18.9 Å². The fraction of sp³-hybridized carbons (Fsp3) is 0.857. The van der Waals surface area contributed by atoms with Crippen LogP contribution in [-0.2, 0) is 4.74 Å². The molecule has 0 spiro atoms. The molecule has 0 aromatic heterocycles. The van der Waals surface area contributed by atoms with E-state index in [0.29, 0.717) is 0 Å². The van der Waals surface area contributed by atoms with Gasteiger partial charge in [0, 0.05) is 5.92 Å². The van der Waals surface area contributed by atoms with E-state index in [-0.39, 0.29) is 12.0 Å². The normalized spacial score (nSPS) is 15.2. The van der Waals surface area contributed by atoms with Crippen LogP contribution in [0.2, 0.25) is 0 Å². The Hall–Kier alpha value is -0.500. The summed E-state index contributed by atoms with van der Waals surface area (Å²) in [7, 11) is 1.65. The lowest BCUT2D eigenvalue weighted by Gasteiger charge is -2.19. The Morgan fingerprint density at radius 1 is 1.06 bits per heavy atom. The molecular formula is C14H28O2. The quantitative estimate of drug-likeness (QED) is 0.454. The monoisotopic (exact) mass is 228 g/mol. The molecule has 2 nitrogen and oxygen atoms in total. The molecule has 2 atom stereocenters. The number of aliphatic hydroxyl groups excluding tert-OH is 1. The molecule has 0 saturated heterocycles. The zero-order chi connectivity index (χ0) is 12.2. The summed E-state index contributed by atoms with van der Waals surface area (Å²) in [5.41, 5.74) is 0. The summed E-state index contributed by atoms with van der Waals surface area (Å²) in [5.74, 6) is 0.261. The zero-order valence-corrected chi connectivity index (χ0v) is 11.1. The highest BCUT2D eigenvalue weighted by molar-refractivity contribution is 4.87. The van der Waals surface area contributed by atoms with E-state index in [1.807, 2.05) is 6.08 Å². The zero-order valence-electron chi connectivity index (χ0n) is 11.1. The van der Waals surface area contributed by atoms with E-state index in [9.17, 15) is 5.11 Å². The van der Waals surface area contributed by atoms with Crippen molar-refractivity contribution in [3.05, 3.63) is 12.3 Å². The van der Waals surface area contributed by atoms with Crippen molar-refractivity contribution in [2.45, 2.75) is 64.9 Å². The average Bonchev–Trinajstić information content (AvgIpc) is 2.28. The highest BCUT2D eigenvalue weighted by atomic mass is 16.5. The molecule has 0 aliphatic carbocycles. The first-order chi connectivity index (χ1) is 7.76. The van der Waals surface area contributed by atoms with Crippen LogP contribution < -0.4 is 0 Å². The lowest BCUT2D eigenvalue weighted by Crippen LogP contribution is -2.18. The van der Waals surface area contributed by atoms with E-state index in [1.54, 1.807) is 13.4 Å². The summed E-state index contributed by atoms with van der Waals surface area (Å²) in [4.78, 5) is 0. The van der Waals surface area contributed by atoms with Gasteiger partial charge < -0.3 is 9.84 Å². The number of hydrogen-bond acceptors (Lipinski definition) is 2. The van der Waals surface area contributed by atoms with Crippen molar-refractivity contribution in [3.63, 3.8) is 0 Å². The molecular weight excluding hydrogens is 200 g/mol. The summed E-state index contributed by atoms with van der Waals surface area (Å²) >= 11 is 0. The Morgan fingerprint density at radius 3 is 2.38 bits per heavy atom. The van der Waals surface area contributed by atoms with Crippen molar-refractivity contribution in [1.29, 1.82) is 0 Å². The second-order valence-electron chi connectivity index (χ2n) is 4.43. The molecule has 96 valence electrons. The minimum absolute atomic E-state index is 0.210. The molecule has 0 heterocycles. The van der Waals surface area contributed by atoms with Gasteiger partial charge in [-0.1, -0.05) is 46.0 Å². The number of ether oxygens (including phenoxy) is 1. The molecule has 0 fully saturated rings. The van der Waals surface area contributed by atoms with Gasteiger partial charge in [0.1, 0.15) is 0 Å². The third-order valence-corrected chi connectivity index (χ3v) is 2.93. The van der Waals surface area contributed by atoms with Gasteiger partial charge in [0.2, 0.25) is 0 Å². The smallest absolute Gasteiger partial charge is 0.0788 e. The molecule has 0 aliphatic rings. The minimum atomic E-state index is -0.210. The van der Waals surface area contributed by atoms with E-state index < -0.39 is 0 Å². The van der Waals surface area contributed by atoms with Crippen LogP contribution in [0.1, 0.15) is 58.8 Å². The number of unbranched alkanes of at least 4 members (excludes halogenated alkanes) is 3. The van der Waals surface area contributed by atoms with Gasteiger partial charge in [-0.25, -0.2) is 0 Å². The van der Waals surface area contributed by atoms with Gasteiger partial charge in [0.25, 0.3) is 0 Å². The predicted octanol–water partition coefficient (Wildman–Crippen LogP) is 3.89. The summed E-state index contributed by atoms with van der Waals surface area (Å²) in [5, 5.41) is 9.99. The van der Waals surface area contributed by atoms with Crippen LogP contribution in [0.25, 0.3) is 0 Å². The van der Waals surface area contributed by atoms with Gasteiger partial charge in [-0.2, -0.15) is 0 Å². The van der Waals surface area contributed by atoms with E-state index in [4.69, 9.17) is 4.74 Å². The first kappa shape index (κ1) is 15.5. The SMILES string of the molecule is CCCCCC[C@H](/C=C/OC)[C@@H](O)CCC. The maximum atomic E-state index is 9.99. The summed E-state index contributed by atoms with van der Waals surface area (Å²) in [6.07, 6.45) is 11.5. The van der Waals surface area contributed by atoms with E-state index in [1.165, 1.54) is 25.7 Å².